The fourth-order valence-electron chi connectivity index (χ4n) is 2.78. The highest BCUT2D eigenvalue weighted by Gasteiger charge is 2.19. The average Bonchev–Trinajstić information content (AvgIpc) is 2.69. The molecule has 0 fully saturated rings. The minimum absolute atomic E-state index is 0.110. The van der Waals surface area contributed by atoms with Crippen molar-refractivity contribution in [2.24, 2.45) is 0 Å². The zero-order valence-corrected chi connectivity index (χ0v) is 20.5. The fraction of sp³-hybridized carbons (Fsp3) is 0.0952. The van der Waals surface area contributed by atoms with Crippen molar-refractivity contribution in [3.8, 4) is 0 Å². The molecule has 3 rings (SSSR count). The number of carbonyl (C=O) groups excluding carboxylic acids is 1. The Labute approximate surface area is 197 Å². The van der Waals surface area contributed by atoms with Gasteiger partial charge in [0.2, 0.25) is 0 Å². The van der Waals surface area contributed by atoms with Crippen molar-refractivity contribution in [3.05, 3.63) is 91.8 Å². The van der Waals surface area contributed by atoms with Crippen molar-refractivity contribution in [1.82, 2.24) is 4.90 Å². The van der Waals surface area contributed by atoms with Gasteiger partial charge < -0.3 is 4.90 Å². The molecule has 30 heavy (non-hydrogen) atoms. The van der Waals surface area contributed by atoms with Gasteiger partial charge in [-0.15, -0.1) is 0 Å². The number of carbonyl (C=O) groups is 1. The number of halogens is 3. The number of nitrogens with zero attached hydrogens (tertiary/aromatic N) is 1. The van der Waals surface area contributed by atoms with Crippen molar-refractivity contribution in [2.75, 3.05) is 11.8 Å². The molecular formula is C21H17Br2ClN2O3S. The van der Waals surface area contributed by atoms with Crippen LogP contribution in [0.1, 0.15) is 15.9 Å². The summed E-state index contributed by atoms with van der Waals surface area (Å²) in [6.07, 6.45) is 0. The largest absolute Gasteiger partial charge is 0.337 e. The summed E-state index contributed by atoms with van der Waals surface area (Å²) < 4.78 is 29.0. The van der Waals surface area contributed by atoms with E-state index in [-0.39, 0.29) is 10.8 Å². The van der Waals surface area contributed by atoms with E-state index in [9.17, 15) is 13.2 Å². The second-order valence-corrected chi connectivity index (χ2v) is 10.4. The molecule has 9 heteroatoms. The highest BCUT2D eigenvalue weighted by molar-refractivity contribution is 9.11. The second-order valence-electron chi connectivity index (χ2n) is 6.55. The molecule has 1 amide bonds. The molecule has 0 bridgehead atoms. The molecule has 5 nitrogen and oxygen atoms in total. The molecule has 0 aliphatic carbocycles. The van der Waals surface area contributed by atoms with Crippen LogP contribution in [-0.2, 0) is 16.6 Å². The lowest BCUT2D eigenvalue weighted by Gasteiger charge is -2.18. The highest BCUT2D eigenvalue weighted by Crippen LogP contribution is 2.27. The van der Waals surface area contributed by atoms with Crippen LogP contribution in [0.4, 0.5) is 5.69 Å². The van der Waals surface area contributed by atoms with Gasteiger partial charge in [-0.25, -0.2) is 8.42 Å². The zero-order valence-electron chi connectivity index (χ0n) is 15.8. The van der Waals surface area contributed by atoms with E-state index >= 15 is 0 Å². The molecule has 0 spiro atoms. The van der Waals surface area contributed by atoms with Crippen LogP contribution in [0.3, 0.4) is 0 Å². The predicted molar refractivity (Wildman–Crippen MR) is 126 cm³/mol. The summed E-state index contributed by atoms with van der Waals surface area (Å²) in [6, 6.07) is 18.5. The highest BCUT2D eigenvalue weighted by atomic mass is 79.9. The van der Waals surface area contributed by atoms with E-state index in [1.165, 1.54) is 6.07 Å². The molecule has 0 radical (unpaired) electrons. The van der Waals surface area contributed by atoms with E-state index in [0.717, 1.165) is 5.56 Å². The van der Waals surface area contributed by atoms with Crippen LogP contribution in [-0.4, -0.2) is 26.3 Å². The molecule has 156 valence electrons. The molecular weight excluding hydrogens is 556 g/mol. The first-order valence-electron chi connectivity index (χ1n) is 8.73. The minimum Gasteiger partial charge on any atom is -0.337 e. The van der Waals surface area contributed by atoms with Crippen molar-refractivity contribution in [2.45, 2.75) is 11.4 Å². The quantitative estimate of drug-likeness (QED) is 0.398. The van der Waals surface area contributed by atoms with Crippen LogP contribution < -0.4 is 4.72 Å². The van der Waals surface area contributed by atoms with Gasteiger partial charge in [-0.05, 0) is 76.1 Å². The number of anilines is 1. The Kier molecular flexibility index (Phi) is 7.23. The van der Waals surface area contributed by atoms with Crippen molar-refractivity contribution < 1.29 is 13.2 Å². The molecule has 0 atom stereocenters. The Morgan fingerprint density at radius 3 is 2.40 bits per heavy atom. The lowest BCUT2D eigenvalue weighted by atomic mass is 10.1. The van der Waals surface area contributed by atoms with E-state index < -0.39 is 10.0 Å². The molecule has 1 N–H and O–H groups in total. The second kappa shape index (κ2) is 9.51. The molecule has 0 saturated carbocycles. The summed E-state index contributed by atoms with van der Waals surface area (Å²) in [5.74, 6) is -0.181. The third-order valence-electron chi connectivity index (χ3n) is 4.22. The van der Waals surface area contributed by atoms with Crippen molar-refractivity contribution >= 4 is 65.1 Å². The predicted octanol–water partition coefficient (Wildman–Crippen LogP) is 5.94. The van der Waals surface area contributed by atoms with Gasteiger partial charge in [-0.3, -0.25) is 9.52 Å². The molecule has 3 aromatic carbocycles. The number of sulfonamides is 1. The summed E-state index contributed by atoms with van der Waals surface area (Å²) in [7, 11) is -2.10. The number of hydrogen-bond acceptors (Lipinski definition) is 3. The maximum Gasteiger partial charge on any atom is 0.263 e. The first-order chi connectivity index (χ1) is 14.2. The Morgan fingerprint density at radius 1 is 1.03 bits per heavy atom. The van der Waals surface area contributed by atoms with Crippen LogP contribution in [0.5, 0.6) is 0 Å². The summed E-state index contributed by atoms with van der Waals surface area (Å²) in [4.78, 5) is 14.4. The Bertz CT molecular complexity index is 1190. The van der Waals surface area contributed by atoms with Gasteiger partial charge in [-0.1, -0.05) is 39.7 Å². The van der Waals surface area contributed by atoms with E-state index in [4.69, 9.17) is 11.6 Å². The summed E-state index contributed by atoms with van der Waals surface area (Å²) in [6.45, 7) is 0.407. The molecule has 0 unspecified atom stereocenters. The SMILES string of the molecule is CN(Cc1cccc(Cl)c1)C(=O)c1ccc(NS(=O)(=O)c2cc(Br)ccc2Br)cc1. The van der Waals surface area contributed by atoms with E-state index in [1.54, 1.807) is 54.4 Å². The molecule has 0 saturated heterocycles. The summed E-state index contributed by atoms with van der Waals surface area (Å²) >= 11 is 12.5. The minimum atomic E-state index is -3.80. The topological polar surface area (TPSA) is 66.5 Å². The van der Waals surface area contributed by atoms with Gasteiger partial charge in [0.25, 0.3) is 15.9 Å². The third-order valence-corrected chi connectivity index (χ3v) is 7.33. The fourth-order valence-corrected chi connectivity index (χ4v) is 5.55. The van der Waals surface area contributed by atoms with Crippen molar-refractivity contribution in [1.29, 1.82) is 0 Å². The first kappa shape index (κ1) is 22.8. The molecule has 0 aliphatic heterocycles. The third kappa shape index (κ3) is 5.63. The lowest BCUT2D eigenvalue weighted by molar-refractivity contribution is 0.0785. The van der Waals surface area contributed by atoms with E-state index in [2.05, 4.69) is 36.6 Å². The zero-order chi connectivity index (χ0) is 21.9. The van der Waals surface area contributed by atoms with Gasteiger partial charge in [0.1, 0.15) is 4.90 Å². The monoisotopic (exact) mass is 570 g/mol. The van der Waals surface area contributed by atoms with Crippen molar-refractivity contribution in [3.63, 3.8) is 0 Å². The van der Waals surface area contributed by atoms with Crippen LogP contribution in [0.15, 0.2) is 80.6 Å². The maximum absolute atomic E-state index is 12.7. The van der Waals surface area contributed by atoms with Gasteiger partial charge in [0, 0.05) is 38.8 Å². The molecule has 0 aliphatic rings. The average molecular weight is 573 g/mol. The van der Waals surface area contributed by atoms with Crippen LogP contribution in [0.25, 0.3) is 0 Å². The normalized spacial score (nSPS) is 11.2. The Hall–Kier alpha value is -1.87. The summed E-state index contributed by atoms with van der Waals surface area (Å²) in [5, 5.41) is 0.613. The number of rotatable bonds is 6. The Morgan fingerprint density at radius 2 is 1.73 bits per heavy atom. The molecule has 0 heterocycles. The Balaban J connectivity index is 1.72. The molecule has 0 aromatic heterocycles. The van der Waals surface area contributed by atoms with E-state index in [1.807, 2.05) is 18.2 Å². The van der Waals surface area contributed by atoms with Crippen LogP contribution in [0, 0.1) is 0 Å². The first-order valence-corrected chi connectivity index (χ1v) is 12.2. The van der Waals surface area contributed by atoms with Gasteiger partial charge >= 0.3 is 0 Å². The number of nitrogens with one attached hydrogen (secondary N) is 1. The smallest absolute Gasteiger partial charge is 0.263 e. The maximum atomic E-state index is 12.7. The van der Waals surface area contributed by atoms with Gasteiger partial charge in [-0.2, -0.15) is 0 Å². The van der Waals surface area contributed by atoms with Gasteiger partial charge in [0.05, 0.1) is 0 Å². The number of hydrogen-bond donors (Lipinski definition) is 1. The van der Waals surface area contributed by atoms with Crippen LogP contribution >= 0.6 is 43.5 Å². The number of benzene rings is 3. The van der Waals surface area contributed by atoms with E-state index in [0.29, 0.717) is 31.8 Å². The standard InChI is InChI=1S/C21H17Br2ClN2O3S/c1-26(13-14-3-2-4-17(24)11-14)21(27)15-5-8-18(9-6-15)25-30(28,29)20-12-16(22)7-10-19(20)23/h2-12,25H,13H2,1H3. The molecule has 3 aromatic rings. The summed E-state index contributed by atoms with van der Waals surface area (Å²) in [5.41, 5.74) is 1.73. The lowest BCUT2D eigenvalue weighted by Crippen LogP contribution is -2.26. The van der Waals surface area contributed by atoms with Crippen LogP contribution in [0.2, 0.25) is 5.02 Å². The van der Waals surface area contributed by atoms with Gasteiger partial charge in [0.15, 0.2) is 0 Å². The number of amides is 1.